The van der Waals surface area contributed by atoms with E-state index in [0.29, 0.717) is 18.3 Å². The molecule has 0 aliphatic carbocycles. The fourth-order valence-corrected chi connectivity index (χ4v) is 1.85. The number of benzene rings is 1. The molecule has 0 radical (unpaired) electrons. The number of hydrogen-bond acceptors (Lipinski definition) is 3. The van der Waals surface area contributed by atoms with Gasteiger partial charge in [0.1, 0.15) is 0 Å². The van der Waals surface area contributed by atoms with E-state index in [2.05, 4.69) is 12.2 Å². The Morgan fingerprint density at radius 3 is 2.74 bits per heavy atom. The summed E-state index contributed by atoms with van der Waals surface area (Å²) in [6.45, 7) is 6.15. The Kier molecular flexibility index (Phi) is 7.45. The van der Waals surface area contributed by atoms with Crippen LogP contribution in [0.3, 0.4) is 0 Å². The largest absolute Gasteiger partial charge is 0.491 e. The number of hydrogen-bond donors (Lipinski definition) is 2. The van der Waals surface area contributed by atoms with Gasteiger partial charge >= 0.3 is 0 Å². The molecular formula is C15H24FNO2. The van der Waals surface area contributed by atoms with E-state index in [1.165, 1.54) is 6.07 Å². The van der Waals surface area contributed by atoms with Crippen LogP contribution in [0.15, 0.2) is 18.2 Å². The number of rotatable bonds is 9. The molecule has 0 saturated carbocycles. The van der Waals surface area contributed by atoms with E-state index in [1.807, 2.05) is 13.0 Å². The summed E-state index contributed by atoms with van der Waals surface area (Å²) in [4.78, 5) is 0. The molecule has 0 saturated heterocycles. The van der Waals surface area contributed by atoms with Gasteiger partial charge in [-0.3, -0.25) is 0 Å². The Morgan fingerprint density at radius 2 is 2.16 bits per heavy atom. The van der Waals surface area contributed by atoms with Crippen LogP contribution in [-0.4, -0.2) is 31.4 Å². The van der Waals surface area contributed by atoms with Gasteiger partial charge in [0.15, 0.2) is 11.6 Å². The van der Waals surface area contributed by atoms with Crippen molar-refractivity contribution in [3.63, 3.8) is 0 Å². The van der Waals surface area contributed by atoms with Gasteiger partial charge in [0, 0.05) is 13.2 Å². The maximum atomic E-state index is 13.6. The molecule has 0 aliphatic rings. The quantitative estimate of drug-likeness (QED) is 0.676. The van der Waals surface area contributed by atoms with Crippen LogP contribution in [0.1, 0.15) is 25.8 Å². The lowest BCUT2D eigenvalue weighted by atomic mass is 10.1. The molecule has 0 amide bonds. The van der Waals surface area contributed by atoms with Gasteiger partial charge in [0.25, 0.3) is 0 Å². The van der Waals surface area contributed by atoms with E-state index in [0.717, 1.165) is 31.5 Å². The summed E-state index contributed by atoms with van der Waals surface area (Å²) in [6, 6.07) is 5.09. The van der Waals surface area contributed by atoms with E-state index in [4.69, 9.17) is 9.84 Å². The van der Waals surface area contributed by atoms with E-state index in [-0.39, 0.29) is 12.4 Å². The third-order valence-corrected chi connectivity index (χ3v) is 3.16. The Morgan fingerprint density at radius 1 is 1.37 bits per heavy atom. The molecule has 0 heterocycles. The van der Waals surface area contributed by atoms with Crippen molar-refractivity contribution in [3.8, 4) is 5.75 Å². The predicted octanol–water partition coefficient (Wildman–Crippen LogP) is 2.38. The van der Waals surface area contributed by atoms with Crippen molar-refractivity contribution in [2.45, 2.75) is 26.7 Å². The van der Waals surface area contributed by atoms with Crippen LogP contribution in [0.25, 0.3) is 0 Å². The number of aliphatic hydroxyl groups is 1. The molecule has 1 aromatic carbocycles. The second-order valence-corrected chi connectivity index (χ2v) is 4.61. The standard InChI is InChI=1S/C15H24FNO2/c1-3-12(11-18)10-17-8-7-13-5-6-15(19-4-2)14(16)9-13/h5-6,9,12,17-18H,3-4,7-8,10-11H2,1-2H3. The highest BCUT2D eigenvalue weighted by molar-refractivity contribution is 5.29. The predicted molar refractivity (Wildman–Crippen MR) is 75.0 cm³/mol. The van der Waals surface area contributed by atoms with Crippen LogP contribution in [0, 0.1) is 11.7 Å². The molecule has 4 heteroatoms. The lowest BCUT2D eigenvalue weighted by Gasteiger charge is -2.12. The second kappa shape index (κ2) is 8.88. The Bertz CT molecular complexity index is 367. The summed E-state index contributed by atoms with van der Waals surface area (Å²) in [5.41, 5.74) is 0.950. The van der Waals surface area contributed by atoms with Crippen molar-refractivity contribution in [3.05, 3.63) is 29.6 Å². The Hall–Kier alpha value is -1.13. The van der Waals surface area contributed by atoms with Crippen LogP contribution in [0.5, 0.6) is 5.75 Å². The topological polar surface area (TPSA) is 41.5 Å². The first-order chi connectivity index (χ1) is 9.21. The van der Waals surface area contributed by atoms with Gasteiger partial charge in [0.05, 0.1) is 6.61 Å². The summed E-state index contributed by atoms with van der Waals surface area (Å²) in [5.74, 6) is 0.309. The van der Waals surface area contributed by atoms with Crippen LogP contribution >= 0.6 is 0 Å². The average molecular weight is 269 g/mol. The molecule has 2 N–H and O–H groups in total. The van der Waals surface area contributed by atoms with Crippen molar-refractivity contribution in [2.75, 3.05) is 26.3 Å². The van der Waals surface area contributed by atoms with Crippen molar-refractivity contribution in [2.24, 2.45) is 5.92 Å². The fourth-order valence-electron chi connectivity index (χ4n) is 1.85. The lowest BCUT2D eigenvalue weighted by Crippen LogP contribution is -2.26. The maximum absolute atomic E-state index is 13.6. The molecule has 0 spiro atoms. The molecule has 3 nitrogen and oxygen atoms in total. The average Bonchev–Trinajstić information content (AvgIpc) is 2.42. The second-order valence-electron chi connectivity index (χ2n) is 4.61. The Labute approximate surface area is 114 Å². The number of halogens is 1. The van der Waals surface area contributed by atoms with Crippen molar-refractivity contribution >= 4 is 0 Å². The zero-order chi connectivity index (χ0) is 14.1. The van der Waals surface area contributed by atoms with E-state index in [9.17, 15) is 4.39 Å². The van der Waals surface area contributed by atoms with E-state index >= 15 is 0 Å². The van der Waals surface area contributed by atoms with Gasteiger partial charge in [0.2, 0.25) is 0 Å². The van der Waals surface area contributed by atoms with Gasteiger partial charge < -0.3 is 15.2 Å². The molecule has 108 valence electrons. The SMILES string of the molecule is CCOc1ccc(CCNCC(CC)CO)cc1F. The molecule has 0 bridgehead atoms. The van der Waals surface area contributed by atoms with E-state index < -0.39 is 0 Å². The Balaban J connectivity index is 2.35. The zero-order valence-corrected chi connectivity index (χ0v) is 11.8. The number of nitrogens with one attached hydrogen (secondary N) is 1. The van der Waals surface area contributed by atoms with Gasteiger partial charge in [-0.25, -0.2) is 4.39 Å². The van der Waals surface area contributed by atoms with Gasteiger partial charge in [-0.2, -0.15) is 0 Å². The molecule has 1 atom stereocenters. The van der Waals surface area contributed by atoms with Gasteiger partial charge in [-0.05, 0) is 49.9 Å². The highest BCUT2D eigenvalue weighted by Gasteiger charge is 2.05. The molecule has 0 fully saturated rings. The lowest BCUT2D eigenvalue weighted by molar-refractivity contribution is 0.219. The molecule has 0 aliphatic heterocycles. The fraction of sp³-hybridized carbons (Fsp3) is 0.600. The first-order valence-electron chi connectivity index (χ1n) is 6.94. The summed E-state index contributed by atoms with van der Waals surface area (Å²) in [7, 11) is 0. The highest BCUT2D eigenvalue weighted by Crippen LogP contribution is 2.18. The minimum absolute atomic E-state index is 0.210. The van der Waals surface area contributed by atoms with Gasteiger partial charge in [-0.15, -0.1) is 0 Å². The van der Waals surface area contributed by atoms with Gasteiger partial charge in [-0.1, -0.05) is 13.0 Å². The molecular weight excluding hydrogens is 245 g/mol. The summed E-state index contributed by atoms with van der Waals surface area (Å²) in [6.07, 6.45) is 1.73. The molecule has 19 heavy (non-hydrogen) atoms. The van der Waals surface area contributed by atoms with Crippen LogP contribution in [0.4, 0.5) is 4.39 Å². The third-order valence-electron chi connectivity index (χ3n) is 3.16. The van der Waals surface area contributed by atoms with Crippen LogP contribution < -0.4 is 10.1 Å². The third kappa shape index (κ3) is 5.57. The van der Waals surface area contributed by atoms with Crippen LogP contribution in [-0.2, 0) is 6.42 Å². The van der Waals surface area contributed by atoms with E-state index in [1.54, 1.807) is 6.07 Å². The minimum atomic E-state index is -0.304. The first kappa shape index (κ1) is 15.9. The number of aliphatic hydroxyl groups excluding tert-OH is 1. The molecule has 1 rings (SSSR count). The summed E-state index contributed by atoms with van der Waals surface area (Å²) >= 11 is 0. The molecule has 1 aromatic rings. The maximum Gasteiger partial charge on any atom is 0.165 e. The van der Waals surface area contributed by atoms with Crippen molar-refractivity contribution < 1.29 is 14.2 Å². The smallest absolute Gasteiger partial charge is 0.165 e. The normalized spacial score (nSPS) is 12.4. The van der Waals surface area contributed by atoms with Crippen molar-refractivity contribution in [1.29, 1.82) is 0 Å². The highest BCUT2D eigenvalue weighted by atomic mass is 19.1. The minimum Gasteiger partial charge on any atom is -0.491 e. The number of ether oxygens (including phenoxy) is 1. The first-order valence-corrected chi connectivity index (χ1v) is 6.94. The monoisotopic (exact) mass is 269 g/mol. The van der Waals surface area contributed by atoms with Crippen molar-refractivity contribution in [1.82, 2.24) is 5.32 Å². The van der Waals surface area contributed by atoms with Crippen LogP contribution in [0.2, 0.25) is 0 Å². The molecule has 0 aromatic heterocycles. The molecule has 1 unspecified atom stereocenters. The zero-order valence-electron chi connectivity index (χ0n) is 11.8. The summed E-state index contributed by atoms with van der Waals surface area (Å²) in [5, 5.41) is 12.3. The summed E-state index contributed by atoms with van der Waals surface area (Å²) < 4.78 is 18.8.